The normalized spacial score (nSPS) is 11.9. The Morgan fingerprint density at radius 1 is 1.10 bits per heavy atom. The van der Waals surface area contributed by atoms with Crippen molar-refractivity contribution in [2.45, 2.75) is 40.3 Å². The van der Waals surface area contributed by atoms with Crippen molar-refractivity contribution in [3.8, 4) is 5.75 Å². The van der Waals surface area contributed by atoms with Crippen LogP contribution in [-0.2, 0) is 6.54 Å². The minimum Gasteiger partial charge on any atom is -0.490 e. The number of aliphatic hydroxyl groups excluding tert-OH is 1. The first kappa shape index (κ1) is 21.6. The number of amides is 1. The Bertz CT molecular complexity index is 1010. The molecule has 2 N–H and O–H groups in total. The molecular formula is C24H29N3O3. The van der Waals surface area contributed by atoms with Gasteiger partial charge in [-0.05, 0) is 62.6 Å². The first-order valence-electron chi connectivity index (χ1n) is 10.1. The van der Waals surface area contributed by atoms with Crippen LogP contribution in [-0.4, -0.2) is 40.0 Å². The van der Waals surface area contributed by atoms with E-state index in [1.54, 1.807) is 6.07 Å². The van der Waals surface area contributed by atoms with E-state index in [9.17, 15) is 9.90 Å². The first-order chi connectivity index (χ1) is 14.3. The molecule has 1 amide bonds. The zero-order valence-corrected chi connectivity index (χ0v) is 18.0. The number of ether oxygens (including phenoxy) is 1. The van der Waals surface area contributed by atoms with E-state index in [-0.39, 0.29) is 19.1 Å². The quantitative estimate of drug-likeness (QED) is 0.601. The van der Waals surface area contributed by atoms with E-state index in [0.717, 1.165) is 33.8 Å². The Morgan fingerprint density at radius 3 is 2.47 bits per heavy atom. The van der Waals surface area contributed by atoms with Gasteiger partial charge in [-0.25, -0.2) is 0 Å². The van der Waals surface area contributed by atoms with Crippen LogP contribution in [0.5, 0.6) is 5.75 Å². The highest BCUT2D eigenvalue weighted by atomic mass is 16.5. The molecule has 6 nitrogen and oxygen atoms in total. The number of nitrogens with one attached hydrogen (secondary N) is 1. The summed E-state index contributed by atoms with van der Waals surface area (Å²) in [5.74, 6) is 0.552. The molecule has 0 aliphatic rings. The van der Waals surface area contributed by atoms with Gasteiger partial charge in [-0.15, -0.1) is 0 Å². The lowest BCUT2D eigenvalue weighted by molar-refractivity contribution is 0.0841. The molecule has 1 aromatic heterocycles. The Labute approximate surface area is 177 Å². The predicted octanol–water partition coefficient (Wildman–Crippen LogP) is 3.33. The molecule has 0 bridgehead atoms. The number of hydrogen-bond acceptors (Lipinski definition) is 4. The van der Waals surface area contributed by atoms with Crippen molar-refractivity contribution in [3.63, 3.8) is 0 Å². The number of benzene rings is 2. The average molecular weight is 408 g/mol. The topological polar surface area (TPSA) is 76.4 Å². The van der Waals surface area contributed by atoms with Gasteiger partial charge < -0.3 is 15.2 Å². The minimum absolute atomic E-state index is 0.115. The molecule has 0 aliphatic carbocycles. The Kier molecular flexibility index (Phi) is 6.90. The van der Waals surface area contributed by atoms with Crippen molar-refractivity contribution in [2.75, 3.05) is 13.2 Å². The Balaban J connectivity index is 1.54. The molecule has 0 saturated heterocycles. The highest BCUT2D eigenvalue weighted by Crippen LogP contribution is 2.22. The molecule has 0 saturated carbocycles. The van der Waals surface area contributed by atoms with Crippen molar-refractivity contribution < 1.29 is 14.6 Å². The molecule has 2 aromatic carbocycles. The summed E-state index contributed by atoms with van der Waals surface area (Å²) in [7, 11) is 0. The fourth-order valence-corrected chi connectivity index (χ4v) is 3.40. The summed E-state index contributed by atoms with van der Waals surface area (Å²) in [5, 5.41) is 17.5. The monoisotopic (exact) mass is 407 g/mol. The van der Waals surface area contributed by atoms with E-state index in [2.05, 4.69) is 10.4 Å². The highest BCUT2D eigenvalue weighted by Gasteiger charge is 2.12. The largest absolute Gasteiger partial charge is 0.490 e. The van der Waals surface area contributed by atoms with Gasteiger partial charge in [0.25, 0.3) is 5.91 Å². The standard InChI is InChI=1S/C24H29N3O3/c1-16-7-5-8-17(2)23(16)30-15-22(28)13-25-24(29)21-10-6-9-20(12-21)14-27-19(4)11-18(3)26-27/h5-12,22,28H,13-15H2,1-4H3,(H,25,29). The zero-order valence-electron chi connectivity index (χ0n) is 18.0. The van der Waals surface area contributed by atoms with Crippen LogP contribution in [0.4, 0.5) is 0 Å². The maximum absolute atomic E-state index is 12.5. The van der Waals surface area contributed by atoms with E-state index in [1.165, 1.54) is 0 Å². The van der Waals surface area contributed by atoms with Crippen LogP contribution in [0.25, 0.3) is 0 Å². The number of carbonyl (C=O) groups is 1. The summed E-state index contributed by atoms with van der Waals surface area (Å²) in [6.07, 6.45) is -0.800. The lowest BCUT2D eigenvalue weighted by atomic mass is 10.1. The van der Waals surface area contributed by atoms with Crippen LogP contribution >= 0.6 is 0 Å². The summed E-state index contributed by atoms with van der Waals surface area (Å²) in [5.41, 5.74) is 5.63. The number of carbonyl (C=O) groups excluding carboxylic acids is 1. The Hall–Kier alpha value is -3.12. The van der Waals surface area contributed by atoms with Crippen LogP contribution < -0.4 is 10.1 Å². The maximum Gasteiger partial charge on any atom is 0.251 e. The molecule has 1 unspecified atom stereocenters. The zero-order chi connectivity index (χ0) is 21.7. The number of aryl methyl sites for hydroxylation is 4. The van der Waals surface area contributed by atoms with Gasteiger partial charge in [0.15, 0.2) is 0 Å². The number of aliphatic hydroxyl groups is 1. The molecule has 3 rings (SSSR count). The molecule has 30 heavy (non-hydrogen) atoms. The third kappa shape index (κ3) is 5.48. The number of rotatable bonds is 8. The molecule has 0 radical (unpaired) electrons. The molecule has 1 heterocycles. The summed E-state index contributed by atoms with van der Waals surface area (Å²) < 4.78 is 7.67. The van der Waals surface area contributed by atoms with Crippen molar-refractivity contribution >= 4 is 5.91 Å². The summed E-state index contributed by atoms with van der Waals surface area (Å²) in [4.78, 5) is 12.5. The summed E-state index contributed by atoms with van der Waals surface area (Å²) in [6.45, 7) is 8.74. The van der Waals surface area contributed by atoms with Crippen molar-refractivity contribution in [3.05, 3.63) is 82.2 Å². The van der Waals surface area contributed by atoms with E-state index in [4.69, 9.17) is 4.74 Å². The SMILES string of the molecule is Cc1cc(C)n(Cc2cccc(C(=O)NCC(O)COc3c(C)cccc3C)c2)n1. The number of aromatic nitrogens is 2. The predicted molar refractivity (Wildman–Crippen MR) is 117 cm³/mol. The van der Waals surface area contributed by atoms with E-state index in [1.807, 2.05) is 74.8 Å². The fraction of sp³-hybridized carbons (Fsp3) is 0.333. The van der Waals surface area contributed by atoms with Crippen LogP contribution in [0.3, 0.4) is 0 Å². The molecule has 1 atom stereocenters. The van der Waals surface area contributed by atoms with Crippen molar-refractivity contribution in [2.24, 2.45) is 0 Å². The second kappa shape index (κ2) is 9.59. The number of nitrogens with zero attached hydrogens (tertiary/aromatic N) is 2. The summed E-state index contributed by atoms with van der Waals surface area (Å²) in [6, 6.07) is 15.4. The second-order valence-corrected chi connectivity index (χ2v) is 7.68. The molecule has 3 aromatic rings. The van der Waals surface area contributed by atoms with Gasteiger partial charge in [-0.2, -0.15) is 5.10 Å². The smallest absolute Gasteiger partial charge is 0.251 e. The Morgan fingerprint density at radius 2 is 1.80 bits per heavy atom. The third-order valence-corrected chi connectivity index (χ3v) is 4.95. The van der Waals surface area contributed by atoms with Crippen molar-refractivity contribution in [1.82, 2.24) is 15.1 Å². The molecule has 0 aliphatic heterocycles. The van der Waals surface area contributed by atoms with Gasteiger partial charge in [0.2, 0.25) is 0 Å². The lowest BCUT2D eigenvalue weighted by Crippen LogP contribution is -2.35. The van der Waals surface area contributed by atoms with Crippen LogP contribution in [0, 0.1) is 27.7 Å². The number of para-hydroxylation sites is 1. The van der Waals surface area contributed by atoms with Crippen LogP contribution in [0.2, 0.25) is 0 Å². The highest BCUT2D eigenvalue weighted by molar-refractivity contribution is 5.94. The van der Waals surface area contributed by atoms with Crippen LogP contribution in [0.1, 0.15) is 38.4 Å². The van der Waals surface area contributed by atoms with Gasteiger partial charge in [0.05, 0.1) is 12.2 Å². The second-order valence-electron chi connectivity index (χ2n) is 7.68. The average Bonchev–Trinajstić information content (AvgIpc) is 3.02. The van der Waals surface area contributed by atoms with Gasteiger partial charge in [-0.1, -0.05) is 30.3 Å². The van der Waals surface area contributed by atoms with Gasteiger partial charge in [0, 0.05) is 17.8 Å². The molecular weight excluding hydrogens is 378 g/mol. The first-order valence-corrected chi connectivity index (χ1v) is 10.1. The van der Waals surface area contributed by atoms with E-state index in [0.29, 0.717) is 12.1 Å². The van der Waals surface area contributed by atoms with Gasteiger partial charge in [0.1, 0.15) is 18.5 Å². The minimum atomic E-state index is -0.800. The fourth-order valence-electron chi connectivity index (χ4n) is 3.40. The van der Waals surface area contributed by atoms with Gasteiger partial charge in [-0.3, -0.25) is 9.48 Å². The van der Waals surface area contributed by atoms with Gasteiger partial charge >= 0.3 is 0 Å². The third-order valence-electron chi connectivity index (χ3n) is 4.95. The van der Waals surface area contributed by atoms with Crippen molar-refractivity contribution in [1.29, 1.82) is 0 Å². The van der Waals surface area contributed by atoms with E-state index >= 15 is 0 Å². The molecule has 0 fully saturated rings. The maximum atomic E-state index is 12.5. The van der Waals surface area contributed by atoms with E-state index < -0.39 is 6.10 Å². The molecule has 0 spiro atoms. The lowest BCUT2D eigenvalue weighted by Gasteiger charge is -2.16. The molecule has 158 valence electrons. The molecule has 6 heteroatoms. The summed E-state index contributed by atoms with van der Waals surface area (Å²) >= 11 is 0. The number of hydrogen-bond donors (Lipinski definition) is 2. The van der Waals surface area contributed by atoms with Crippen LogP contribution in [0.15, 0.2) is 48.5 Å².